The number of nitro groups is 1. The highest BCUT2D eigenvalue weighted by Gasteiger charge is 2.40. The summed E-state index contributed by atoms with van der Waals surface area (Å²) >= 11 is 0. The van der Waals surface area contributed by atoms with Gasteiger partial charge in [0.15, 0.2) is 5.92 Å². The topological polar surface area (TPSA) is 118 Å². The van der Waals surface area contributed by atoms with Crippen LogP contribution in [-0.2, 0) is 15.8 Å². The predicted molar refractivity (Wildman–Crippen MR) is 64.8 cm³/mol. The van der Waals surface area contributed by atoms with Crippen LogP contribution in [0, 0.1) is 16.0 Å². The third-order valence-electron chi connectivity index (χ3n) is 2.92. The Morgan fingerprint density at radius 1 is 1.23 bits per heavy atom. The number of carboxylic acid groups (broad SMARTS) is 2. The molecule has 0 aromatic heterocycles. The van der Waals surface area contributed by atoms with Gasteiger partial charge in [0, 0.05) is 4.92 Å². The van der Waals surface area contributed by atoms with Crippen molar-refractivity contribution in [2.24, 2.45) is 5.92 Å². The van der Waals surface area contributed by atoms with Crippen LogP contribution >= 0.6 is 0 Å². The van der Waals surface area contributed by atoms with Crippen LogP contribution in [0.25, 0.3) is 0 Å². The monoisotopic (exact) mass is 321 g/mol. The van der Waals surface area contributed by atoms with Crippen LogP contribution in [0.15, 0.2) is 24.3 Å². The van der Waals surface area contributed by atoms with E-state index in [1.165, 1.54) is 0 Å². The minimum atomic E-state index is -4.74. The molecule has 10 heteroatoms. The van der Waals surface area contributed by atoms with Crippen molar-refractivity contribution in [2.75, 3.05) is 6.54 Å². The Kier molecular flexibility index (Phi) is 5.07. The Labute approximate surface area is 121 Å². The zero-order chi connectivity index (χ0) is 17.1. The molecule has 1 rings (SSSR count). The highest BCUT2D eigenvalue weighted by atomic mass is 19.4. The summed E-state index contributed by atoms with van der Waals surface area (Å²) in [6.45, 7) is -1.12. The molecule has 0 saturated heterocycles. The first-order valence-electron chi connectivity index (χ1n) is 5.78. The summed E-state index contributed by atoms with van der Waals surface area (Å²) in [4.78, 5) is 31.6. The van der Waals surface area contributed by atoms with Gasteiger partial charge in [0.2, 0.25) is 6.54 Å². The summed E-state index contributed by atoms with van der Waals surface area (Å²) in [5, 5.41) is 28.4. The van der Waals surface area contributed by atoms with Gasteiger partial charge in [-0.3, -0.25) is 19.7 Å². The lowest BCUT2D eigenvalue weighted by Gasteiger charge is -2.19. The summed E-state index contributed by atoms with van der Waals surface area (Å²) in [6, 6.07) is 3.18. The number of aliphatic carboxylic acids is 2. The standard InChI is InChI=1S/C12H10F3NO6/c13-12(14,15)7-3-1-2-6(4-7)8(5-16(21)22)9(10(17)18)11(19)20/h1-4,8-9H,5H2,(H,17,18)(H,19,20). The summed E-state index contributed by atoms with van der Waals surface area (Å²) in [5.74, 6) is -7.69. The Balaban J connectivity index is 3.36. The molecule has 7 nitrogen and oxygen atoms in total. The minimum absolute atomic E-state index is 0.374. The van der Waals surface area contributed by atoms with E-state index in [4.69, 9.17) is 10.2 Å². The first-order chi connectivity index (χ1) is 10.0. The quantitative estimate of drug-likeness (QED) is 0.469. The summed E-state index contributed by atoms with van der Waals surface area (Å²) < 4.78 is 37.9. The molecule has 0 aliphatic heterocycles. The average Bonchev–Trinajstić information content (AvgIpc) is 2.35. The Hall–Kier alpha value is -2.65. The van der Waals surface area contributed by atoms with Gasteiger partial charge < -0.3 is 10.2 Å². The molecule has 0 bridgehead atoms. The number of benzene rings is 1. The highest BCUT2D eigenvalue weighted by Crippen LogP contribution is 2.33. The first-order valence-corrected chi connectivity index (χ1v) is 5.78. The van der Waals surface area contributed by atoms with E-state index in [0.717, 1.165) is 12.1 Å². The third-order valence-corrected chi connectivity index (χ3v) is 2.92. The van der Waals surface area contributed by atoms with Crippen molar-refractivity contribution in [3.63, 3.8) is 0 Å². The number of halogens is 3. The molecule has 0 aliphatic rings. The maximum atomic E-state index is 12.6. The molecule has 0 saturated carbocycles. The second-order valence-electron chi connectivity index (χ2n) is 4.40. The van der Waals surface area contributed by atoms with Crippen LogP contribution in [-0.4, -0.2) is 33.6 Å². The molecule has 0 fully saturated rings. The Morgan fingerprint density at radius 3 is 2.18 bits per heavy atom. The van der Waals surface area contributed by atoms with Gasteiger partial charge >= 0.3 is 18.1 Å². The molecule has 1 aromatic carbocycles. The summed E-state index contributed by atoms with van der Waals surface area (Å²) in [6.07, 6.45) is -4.74. The molecule has 1 unspecified atom stereocenters. The molecule has 0 aliphatic carbocycles. The smallest absolute Gasteiger partial charge is 0.416 e. The molecule has 1 aromatic rings. The maximum Gasteiger partial charge on any atom is 0.416 e. The number of alkyl halides is 3. The van der Waals surface area contributed by atoms with Crippen LogP contribution < -0.4 is 0 Å². The van der Waals surface area contributed by atoms with E-state index in [0.29, 0.717) is 12.1 Å². The number of hydrogen-bond acceptors (Lipinski definition) is 4. The van der Waals surface area contributed by atoms with Gasteiger partial charge in [-0.1, -0.05) is 18.2 Å². The first kappa shape index (κ1) is 17.4. The van der Waals surface area contributed by atoms with Crippen LogP contribution in [0.1, 0.15) is 17.0 Å². The van der Waals surface area contributed by atoms with E-state index in [2.05, 4.69) is 0 Å². The molecule has 0 radical (unpaired) electrons. The fourth-order valence-electron chi connectivity index (χ4n) is 1.96. The number of carboxylic acids is 2. The van der Waals surface area contributed by atoms with Crippen molar-refractivity contribution in [3.8, 4) is 0 Å². The lowest BCUT2D eigenvalue weighted by molar-refractivity contribution is -0.484. The minimum Gasteiger partial charge on any atom is -0.481 e. The van der Waals surface area contributed by atoms with Crippen LogP contribution in [0.5, 0.6) is 0 Å². The second kappa shape index (κ2) is 6.41. The zero-order valence-corrected chi connectivity index (χ0v) is 10.8. The van der Waals surface area contributed by atoms with Crippen molar-refractivity contribution in [2.45, 2.75) is 12.1 Å². The van der Waals surface area contributed by atoms with Crippen LogP contribution in [0.3, 0.4) is 0 Å². The molecular weight excluding hydrogens is 311 g/mol. The summed E-state index contributed by atoms with van der Waals surface area (Å²) in [5.41, 5.74) is -1.52. The molecule has 120 valence electrons. The van der Waals surface area contributed by atoms with E-state index >= 15 is 0 Å². The molecule has 1 atom stereocenters. The van der Waals surface area contributed by atoms with E-state index in [1.54, 1.807) is 0 Å². The number of nitrogens with zero attached hydrogens (tertiary/aromatic N) is 1. The Bertz CT molecular complexity index is 587. The number of rotatable bonds is 6. The van der Waals surface area contributed by atoms with Gasteiger partial charge in [0.1, 0.15) is 0 Å². The number of hydrogen-bond donors (Lipinski definition) is 2. The SMILES string of the molecule is O=C(O)C(C(=O)O)C(C[N+](=O)[O-])c1cccc(C(F)(F)F)c1. The Morgan fingerprint density at radius 2 is 1.77 bits per heavy atom. The fourth-order valence-corrected chi connectivity index (χ4v) is 1.96. The van der Waals surface area contributed by atoms with Gasteiger partial charge in [-0.15, -0.1) is 0 Å². The maximum absolute atomic E-state index is 12.6. The van der Waals surface area contributed by atoms with Crippen molar-refractivity contribution in [1.82, 2.24) is 0 Å². The van der Waals surface area contributed by atoms with Crippen molar-refractivity contribution >= 4 is 11.9 Å². The van der Waals surface area contributed by atoms with E-state index in [1.807, 2.05) is 0 Å². The van der Waals surface area contributed by atoms with Gasteiger partial charge in [0.05, 0.1) is 11.5 Å². The molecule has 22 heavy (non-hydrogen) atoms. The van der Waals surface area contributed by atoms with E-state index in [-0.39, 0.29) is 5.56 Å². The van der Waals surface area contributed by atoms with Gasteiger partial charge in [-0.25, -0.2) is 0 Å². The van der Waals surface area contributed by atoms with Crippen molar-refractivity contribution in [1.29, 1.82) is 0 Å². The van der Waals surface area contributed by atoms with E-state index in [9.17, 15) is 32.9 Å². The van der Waals surface area contributed by atoms with Crippen molar-refractivity contribution in [3.05, 3.63) is 45.5 Å². The fraction of sp³-hybridized carbons (Fsp3) is 0.333. The zero-order valence-electron chi connectivity index (χ0n) is 10.8. The van der Waals surface area contributed by atoms with Crippen LogP contribution in [0.2, 0.25) is 0 Å². The molecular formula is C12H10F3NO6. The average molecular weight is 321 g/mol. The predicted octanol–water partition coefficient (Wildman–Crippen LogP) is 1.85. The highest BCUT2D eigenvalue weighted by molar-refractivity contribution is 5.94. The normalized spacial score (nSPS) is 12.9. The molecule has 0 heterocycles. The lowest BCUT2D eigenvalue weighted by atomic mass is 9.85. The third kappa shape index (κ3) is 4.17. The van der Waals surface area contributed by atoms with Crippen LogP contribution in [0.4, 0.5) is 13.2 Å². The lowest BCUT2D eigenvalue weighted by Crippen LogP contribution is -2.33. The van der Waals surface area contributed by atoms with Gasteiger partial charge in [-0.05, 0) is 11.6 Å². The molecule has 2 N–H and O–H groups in total. The second-order valence-corrected chi connectivity index (χ2v) is 4.40. The van der Waals surface area contributed by atoms with Crippen molar-refractivity contribution < 1.29 is 37.9 Å². The number of carbonyl (C=O) groups is 2. The van der Waals surface area contributed by atoms with Gasteiger partial charge in [0.25, 0.3) is 0 Å². The molecule has 0 spiro atoms. The summed E-state index contributed by atoms with van der Waals surface area (Å²) in [7, 11) is 0. The molecule has 0 amide bonds. The van der Waals surface area contributed by atoms with E-state index < -0.39 is 47.0 Å². The van der Waals surface area contributed by atoms with Gasteiger partial charge in [-0.2, -0.15) is 13.2 Å². The largest absolute Gasteiger partial charge is 0.481 e.